The predicted octanol–water partition coefficient (Wildman–Crippen LogP) is 2.04. The number of amides is 1. The number of aromatic nitrogens is 3. The summed E-state index contributed by atoms with van der Waals surface area (Å²) in [5.41, 5.74) is 1.70. The maximum atomic E-state index is 14.2. The highest BCUT2D eigenvalue weighted by molar-refractivity contribution is 5.94. The fourth-order valence-electron chi connectivity index (χ4n) is 3.65. The summed E-state index contributed by atoms with van der Waals surface area (Å²) in [6.07, 6.45) is 8.28. The molecule has 0 bridgehead atoms. The van der Waals surface area contributed by atoms with E-state index in [-0.39, 0.29) is 17.0 Å². The number of terminal acetylenes is 1. The summed E-state index contributed by atoms with van der Waals surface area (Å²) >= 11 is 0. The lowest BCUT2D eigenvalue weighted by atomic mass is 10.0. The van der Waals surface area contributed by atoms with Gasteiger partial charge in [-0.1, -0.05) is 5.92 Å². The van der Waals surface area contributed by atoms with E-state index in [1.807, 2.05) is 7.05 Å². The molecule has 0 unspecified atom stereocenters. The van der Waals surface area contributed by atoms with Crippen LogP contribution >= 0.6 is 0 Å². The SMILES string of the molecule is C#Cc1cc(C)c(-c2c[nH]n(-c3ccc(C(=O)N4CCN(C)CC4)cn3)c2=O)cc1F. The van der Waals surface area contributed by atoms with E-state index in [1.165, 1.54) is 23.1 Å². The second-order valence-corrected chi connectivity index (χ2v) is 7.62. The van der Waals surface area contributed by atoms with Gasteiger partial charge in [-0.3, -0.25) is 14.7 Å². The monoisotopic (exact) mass is 419 g/mol. The molecule has 2 aromatic heterocycles. The molecule has 1 saturated heterocycles. The van der Waals surface area contributed by atoms with Crippen LogP contribution in [0.3, 0.4) is 0 Å². The number of hydrogen-bond donors (Lipinski definition) is 1. The smallest absolute Gasteiger partial charge is 0.280 e. The van der Waals surface area contributed by atoms with Crippen molar-refractivity contribution in [2.24, 2.45) is 0 Å². The van der Waals surface area contributed by atoms with Crippen molar-refractivity contribution in [3.05, 3.63) is 69.5 Å². The number of hydrogen-bond acceptors (Lipinski definition) is 4. The van der Waals surface area contributed by atoms with Crippen LogP contribution in [-0.4, -0.2) is 63.7 Å². The first-order valence-electron chi connectivity index (χ1n) is 9.91. The van der Waals surface area contributed by atoms with Crippen molar-refractivity contribution in [2.75, 3.05) is 33.2 Å². The van der Waals surface area contributed by atoms with Gasteiger partial charge in [-0.25, -0.2) is 14.1 Å². The lowest BCUT2D eigenvalue weighted by Gasteiger charge is -2.32. The van der Waals surface area contributed by atoms with Crippen molar-refractivity contribution in [3.63, 3.8) is 0 Å². The third-order valence-electron chi connectivity index (χ3n) is 5.55. The van der Waals surface area contributed by atoms with E-state index in [2.05, 4.69) is 20.9 Å². The second-order valence-electron chi connectivity index (χ2n) is 7.62. The number of aryl methyl sites for hydroxylation is 1. The largest absolute Gasteiger partial charge is 0.336 e. The molecule has 0 aliphatic carbocycles. The number of pyridine rings is 1. The highest BCUT2D eigenvalue weighted by Gasteiger charge is 2.21. The Morgan fingerprint density at radius 3 is 2.58 bits per heavy atom. The molecule has 0 saturated carbocycles. The van der Waals surface area contributed by atoms with Gasteiger partial charge in [0.05, 0.1) is 16.7 Å². The molecule has 8 heteroatoms. The van der Waals surface area contributed by atoms with Gasteiger partial charge in [-0.2, -0.15) is 0 Å². The number of carbonyl (C=O) groups is 1. The summed E-state index contributed by atoms with van der Waals surface area (Å²) in [5, 5.41) is 2.86. The zero-order valence-corrected chi connectivity index (χ0v) is 17.4. The number of benzene rings is 1. The molecule has 0 radical (unpaired) electrons. The number of aromatic amines is 1. The average molecular weight is 419 g/mol. The Morgan fingerprint density at radius 1 is 1.19 bits per heavy atom. The van der Waals surface area contributed by atoms with Gasteiger partial charge in [0, 0.05) is 38.6 Å². The van der Waals surface area contributed by atoms with Gasteiger partial charge >= 0.3 is 0 Å². The van der Waals surface area contributed by atoms with E-state index in [0.717, 1.165) is 13.1 Å². The van der Waals surface area contributed by atoms with E-state index >= 15 is 0 Å². The van der Waals surface area contributed by atoms with Crippen molar-refractivity contribution >= 4 is 5.91 Å². The second kappa shape index (κ2) is 8.20. The minimum atomic E-state index is -0.555. The number of piperazine rings is 1. The number of carbonyl (C=O) groups excluding carboxylic acids is 1. The average Bonchev–Trinajstić information content (AvgIpc) is 3.16. The lowest BCUT2D eigenvalue weighted by Crippen LogP contribution is -2.47. The molecule has 7 nitrogen and oxygen atoms in total. The highest BCUT2D eigenvalue weighted by atomic mass is 19.1. The fraction of sp³-hybridized carbons (Fsp3) is 0.261. The zero-order chi connectivity index (χ0) is 22.1. The molecule has 158 valence electrons. The standard InChI is InChI=1S/C23H22FN5O2/c1-4-16-11-15(2)18(12-20(16)24)19-14-26-29(23(19)31)21-6-5-17(13-25-21)22(30)28-9-7-27(3)8-10-28/h1,5-6,11-14,26H,7-10H2,2-3H3. The van der Waals surface area contributed by atoms with Gasteiger partial charge < -0.3 is 9.80 Å². The van der Waals surface area contributed by atoms with Crippen LogP contribution < -0.4 is 5.56 Å². The van der Waals surface area contributed by atoms with Gasteiger partial charge in [0.15, 0.2) is 5.82 Å². The molecule has 1 aliphatic heterocycles. The van der Waals surface area contributed by atoms with E-state index in [0.29, 0.717) is 41.2 Å². The van der Waals surface area contributed by atoms with Gasteiger partial charge in [-0.05, 0) is 49.4 Å². The third-order valence-corrected chi connectivity index (χ3v) is 5.55. The molecule has 0 spiro atoms. The molecule has 3 heterocycles. The molecule has 1 aromatic carbocycles. The van der Waals surface area contributed by atoms with Crippen LogP contribution in [0, 0.1) is 25.1 Å². The van der Waals surface area contributed by atoms with Crippen LogP contribution in [0.2, 0.25) is 0 Å². The Morgan fingerprint density at radius 2 is 1.94 bits per heavy atom. The Kier molecular flexibility index (Phi) is 5.44. The van der Waals surface area contributed by atoms with Crippen molar-refractivity contribution in [3.8, 4) is 29.3 Å². The Balaban J connectivity index is 1.60. The van der Waals surface area contributed by atoms with E-state index in [4.69, 9.17) is 6.42 Å². The number of likely N-dealkylation sites (N-methyl/N-ethyl adjacent to an activating group) is 1. The fourth-order valence-corrected chi connectivity index (χ4v) is 3.65. The van der Waals surface area contributed by atoms with Crippen LogP contribution in [-0.2, 0) is 0 Å². The minimum Gasteiger partial charge on any atom is -0.336 e. The Bertz CT molecular complexity index is 1230. The first-order valence-corrected chi connectivity index (χ1v) is 9.91. The summed E-state index contributed by atoms with van der Waals surface area (Å²) in [6, 6.07) is 6.07. The van der Waals surface area contributed by atoms with Crippen LogP contribution in [0.5, 0.6) is 0 Å². The third kappa shape index (κ3) is 3.88. The number of rotatable bonds is 3. The molecular weight excluding hydrogens is 397 g/mol. The Labute approximate surface area is 179 Å². The maximum absolute atomic E-state index is 14.2. The maximum Gasteiger partial charge on any atom is 0.280 e. The summed E-state index contributed by atoms with van der Waals surface area (Å²) in [5.74, 6) is 2.00. The first-order chi connectivity index (χ1) is 14.9. The molecule has 4 rings (SSSR count). The van der Waals surface area contributed by atoms with Crippen molar-refractivity contribution < 1.29 is 9.18 Å². The molecule has 1 N–H and O–H groups in total. The molecule has 0 atom stereocenters. The van der Waals surface area contributed by atoms with E-state index < -0.39 is 5.82 Å². The predicted molar refractivity (Wildman–Crippen MR) is 116 cm³/mol. The van der Waals surface area contributed by atoms with Crippen LogP contribution in [0.4, 0.5) is 4.39 Å². The summed E-state index contributed by atoms with van der Waals surface area (Å²) < 4.78 is 15.4. The van der Waals surface area contributed by atoms with Crippen LogP contribution in [0.15, 0.2) is 41.5 Å². The van der Waals surface area contributed by atoms with Crippen molar-refractivity contribution in [1.82, 2.24) is 24.6 Å². The minimum absolute atomic E-state index is 0.0774. The summed E-state index contributed by atoms with van der Waals surface area (Å²) in [6.45, 7) is 4.78. The van der Waals surface area contributed by atoms with Crippen molar-refractivity contribution in [2.45, 2.75) is 6.92 Å². The quantitative estimate of drug-likeness (QED) is 0.660. The summed E-state index contributed by atoms with van der Waals surface area (Å²) in [7, 11) is 2.03. The molecule has 31 heavy (non-hydrogen) atoms. The molecule has 1 aliphatic rings. The van der Waals surface area contributed by atoms with Gasteiger partial charge in [-0.15, -0.1) is 6.42 Å². The van der Waals surface area contributed by atoms with E-state index in [1.54, 1.807) is 30.0 Å². The lowest BCUT2D eigenvalue weighted by molar-refractivity contribution is 0.0663. The van der Waals surface area contributed by atoms with Gasteiger partial charge in [0.1, 0.15) is 5.82 Å². The number of H-pyrrole nitrogens is 1. The number of nitrogens with one attached hydrogen (secondary N) is 1. The molecule has 3 aromatic rings. The van der Waals surface area contributed by atoms with Crippen molar-refractivity contribution in [1.29, 1.82) is 0 Å². The normalized spacial score (nSPS) is 14.5. The Hall–Kier alpha value is -3.70. The van der Waals surface area contributed by atoms with E-state index in [9.17, 15) is 14.0 Å². The van der Waals surface area contributed by atoms with Crippen LogP contribution in [0.25, 0.3) is 16.9 Å². The highest BCUT2D eigenvalue weighted by Crippen LogP contribution is 2.24. The van der Waals surface area contributed by atoms with Gasteiger partial charge in [0.25, 0.3) is 11.5 Å². The zero-order valence-electron chi connectivity index (χ0n) is 17.4. The molecule has 1 fully saturated rings. The number of halogens is 1. The first kappa shape index (κ1) is 20.6. The summed E-state index contributed by atoms with van der Waals surface area (Å²) in [4.78, 5) is 33.9. The molecular formula is C23H22FN5O2. The topological polar surface area (TPSA) is 74.2 Å². The molecule has 1 amide bonds. The number of nitrogens with zero attached hydrogens (tertiary/aromatic N) is 4. The van der Waals surface area contributed by atoms with Crippen LogP contribution in [0.1, 0.15) is 21.5 Å². The van der Waals surface area contributed by atoms with Gasteiger partial charge in [0.2, 0.25) is 0 Å².